The highest BCUT2D eigenvalue weighted by atomic mass is 16.5. The zero-order valence-corrected chi connectivity index (χ0v) is 11.2. The number of carbonyl (C=O) groups excluding carboxylic acids is 1. The number of esters is 1. The molecule has 0 aliphatic carbocycles. The van der Waals surface area contributed by atoms with Crippen LogP contribution in [0.4, 0.5) is 0 Å². The lowest BCUT2D eigenvalue weighted by atomic mass is 10.0. The second kappa shape index (κ2) is 8.36. The molecule has 1 aromatic rings. The van der Waals surface area contributed by atoms with Gasteiger partial charge in [0.2, 0.25) is 0 Å². The molecule has 0 atom stereocenters. The average Bonchev–Trinajstić information content (AvgIpc) is 2.42. The van der Waals surface area contributed by atoms with E-state index in [1.54, 1.807) is 0 Å². The van der Waals surface area contributed by atoms with E-state index in [0.717, 1.165) is 24.0 Å². The SMILES string of the molecule is CCCCC#Cc1ccccc1CCC(=O)OC. The average molecular weight is 244 g/mol. The van der Waals surface area contributed by atoms with Crippen molar-refractivity contribution < 1.29 is 9.53 Å². The van der Waals surface area contributed by atoms with E-state index < -0.39 is 0 Å². The summed E-state index contributed by atoms with van der Waals surface area (Å²) in [7, 11) is 1.42. The molecule has 18 heavy (non-hydrogen) atoms. The number of ether oxygens (including phenoxy) is 1. The molecule has 0 spiro atoms. The Morgan fingerprint density at radius 1 is 1.33 bits per heavy atom. The van der Waals surface area contributed by atoms with Gasteiger partial charge in [-0.1, -0.05) is 43.4 Å². The van der Waals surface area contributed by atoms with Gasteiger partial charge in [0.15, 0.2) is 0 Å². The molecular formula is C16H20O2. The number of carbonyl (C=O) groups is 1. The molecule has 0 aliphatic heterocycles. The van der Waals surface area contributed by atoms with Crippen LogP contribution in [0.1, 0.15) is 43.7 Å². The van der Waals surface area contributed by atoms with E-state index in [4.69, 9.17) is 0 Å². The molecule has 0 radical (unpaired) electrons. The maximum atomic E-state index is 11.1. The predicted octanol–water partition coefficient (Wildman–Crippen LogP) is 3.33. The summed E-state index contributed by atoms with van der Waals surface area (Å²) in [5.74, 6) is 6.19. The van der Waals surface area contributed by atoms with E-state index in [0.29, 0.717) is 12.8 Å². The summed E-state index contributed by atoms with van der Waals surface area (Å²) in [4.78, 5) is 11.1. The number of rotatable bonds is 5. The topological polar surface area (TPSA) is 26.3 Å². The van der Waals surface area contributed by atoms with E-state index in [1.165, 1.54) is 13.5 Å². The monoisotopic (exact) mass is 244 g/mol. The van der Waals surface area contributed by atoms with Gasteiger partial charge in [-0.3, -0.25) is 4.79 Å². The van der Waals surface area contributed by atoms with E-state index in [1.807, 2.05) is 24.3 Å². The molecule has 0 aromatic heterocycles. The molecular weight excluding hydrogens is 224 g/mol. The van der Waals surface area contributed by atoms with Gasteiger partial charge in [0.25, 0.3) is 0 Å². The lowest BCUT2D eigenvalue weighted by Crippen LogP contribution is -2.02. The van der Waals surface area contributed by atoms with Crippen molar-refractivity contribution in [3.63, 3.8) is 0 Å². The van der Waals surface area contributed by atoms with Crippen LogP contribution in [0.5, 0.6) is 0 Å². The maximum absolute atomic E-state index is 11.1. The van der Waals surface area contributed by atoms with Crippen LogP contribution < -0.4 is 0 Å². The smallest absolute Gasteiger partial charge is 0.305 e. The van der Waals surface area contributed by atoms with Gasteiger partial charge in [0, 0.05) is 18.4 Å². The van der Waals surface area contributed by atoms with Crippen LogP contribution in [0.3, 0.4) is 0 Å². The third-order valence-electron chi connectivity index (χ3n) is 2.72. The van der Waals surface area contributed by atoms with Crippen molar-refractivity contribution in [2.75, 3.05) is 7.11 Å². The fraction of sp³-hybridized carbons (Fsp3) is 0.438. The van der Waals surface area contributed by atoms with Gasteiger partial charge < -0.3 is 4.74 Å². The number of benzene rings is 1. The van der Waals surface area contributed by atoms with Crippen molar-refractivity contribution in [1.29, 1.82) is 0 Å². The van der Waals surface area contributed by atoms with E-state index in [9.17, 15) is 4.79 Å². The van der Waals surface area contributed by atoms with Crippen molar-refractivity contribution in [1.82, 2.24) is 0 Å². The number of unbranched alkanes of at least 4 members (excludes halogenated alkanes) is 2. The summed E-state index contributed by atoms with van der Waals surface area (Å²) in [5.41, 5.74) is 2.14. The second-order valence-electron chi connectivity index (χ2n) is 4.14. The minimum absolute atomic E-state index is 0.177. The molecule has 2 heteroatoms. The lowest BCUT2D eigenvalue weighted by molar-refractivity contribution is -0.140. The first-order valence-corrected chi connectivity index (χ1v) is 6.41. The summed E-state index contributed by atoms with van der Waals surface area (Å²) in [6.07, 6.45) is 4.33. The maximum Gasteiger partial charge on any atom is 0.305 e. The first kappa shape index (κ1) is 14.3. The minimum atomic E-state index is -0.177. The largest absolute Gasteiger partial charge is 0.469 e. The van der Waals surface area contributed by atoms with Crippen LogP contribution in [0.25, 0.3) is 0 Å². The van der Waals surface area contributed by atoms with Crippen LogP contribution in [0, 0.1) is 11.8 Å². The van der Waals surface area contributed by atoms with E-state index in [2.05, 4.69) is 23.5 Å². The van der Waals surface area contributed by atoms with Crippen LogP contribution >= 0.6 is 0 Å². The Balaban J connectivity index is 2.66. The molecule has 2 nitrogen and oxygen atoms in total. The molecule has 0 saturated heterocycles. The molecule has 0 bridgehead atoms. The molecule has 0 unspecified atom stereocenters. The van der Waals surface area contributed by atoms with Gasteiger partial charge in [-0.2, -0.15) is 0 Å². The number of hydrogen-bond donors (Lipinski definition) is 0. The Morgan fingerprint density at radius 2 is 2.11 bits per heavy atom. The first-order chi connectivity index (χ1) is 8.77. The zero-order chi connectivity index (χ0) is 13.2. The third-order valence-corrected chi connectivity index (χ3v) is 2.72. The highest BCUT2D eigenvalue weighted by Gasteiger charge is 2.04. The van der Waals surface area contributed by atoms with Crippen LogP contribution in [-0.4, -0.2) is 13.1 Å². The summed E-state index contributed by atoms with van der Waals surface area (Å²) in [6.45, 7) is 2.16. The van der Waals surface area contributed by atoms with Crippen molar-refractivity contribution in [2.24, 2.45) is 0 Å². The van der Waals surface area contributed by atoms with Crippen LogP contribution in [0.15, 0.2) is 24.3 Å². The van der Waals surface area contributed by atoms with Gasteiger partial charge in [0.1, 0.15) is 0 Å². The highest BCUT2D eigenvalue weighted by Crippen LogP contribution is 2.10. The van der Waals surface area contributed by atoms with Crippen LogP contribution in [-0.2, 0) is 16.0 Å². The zero-order valence-electron chi connectivity index (χ0n) is 11.2. The summed E-state index contributed by atoms with van der Waals surface area (Å²) < 4.78 is 4.65. The van der Waals surface area contributed by atoms with Crippen LogP contribution in [0.2, 0.25) is 0 Å². The lowest BCUT2D eigenvalue weighted by Gasteiger charge is -2.03. The predicted molar refractivity (Wildman–Crippen MR) is 73.2 cm³/mol. The Labute approximate surface area is 109 Å². The summed E-state index contributed by atoms with van der Waals surface area (Å²) in [6, 6.07) is 7.98. The molecule has 0 heterocycles. The van der Waals surface area contributed by atoms with Crippen molar-refractivity contribution in [3.05, 3.63) is 35.4 Å². The van der Waals surface area contributed by atoms with Crippen molar-refractivity contribution >= 4 is 5.97 Å². The van der Waals surface area contributed by atoms with Gasteiger partial charge in [-0.25, -0.2) is 0 Å². The second-order valence-corrected chi connectivity index (χ2v) is 4.14. The molecule has 0 aliphatic rings. The molecule has 0 fully saturated rings. The standard InChI is InChI=1S/C16H20O2/c1-3-4-5-6-9-14-10-7-8-11-15(14)12-13-16(17)18-2/h7-8,10-11H,3-5,12-13H2,1-2H3. The minimum Gasteiger partial charge on any atom is -0.469 e. The fourth-order valence-corrected chi connectivity index (χ4v) is 1.62. The summed E-state index contributed by atoms with van der Waals surface area (Å²) in [5, 5.41) is 0. The van der Waals surface area contributed by atoms with Crippen molar-refractivity contribution in [3.8, 4) is 11.8 Å². The number of methoxy groups -OCH3 is 1. The number of hydrogen-bond acceptors (Lipinski definition) is 2. The van der Waals surface area contributed by atoms with Gasteiger partial charge >= 0.3 is 5.97 Å². The van der Waals surface area contributed by atoms with Gasteiger partial charge in [-0.15, -0.1) is 0 Å². The number of aryl methyl sites for hydroxylation is 1. The van der Waals surface area contributed by atoms with Gasteiger partial charge in [0.05, 0.1) is 7.11 Å². The molecule has 0 amide bonds. The van der Waals surface area contributed by atoms with E-state index in [-0.39, 0.29) is 5.97 Å². The molecule has 96 valence electrons. The fourth-order valence-electron chi connectivity index (χ4n) is 1.62. The Hall–Kier alpha value is -1.75. The normalized spacial score (nSPS) is 9.44. The summed E-state index contributed by atoms with van der Waals surface area (Å²) >= 11 is 0. The first-order valence-electron chi connectivity index (χ1n) is 6.41. The van der Waals surface area contributed by atoms with E-state index >= 15 is 0 Å². The van der Waals surface area contributed by atoms with Gasteiger partial charge in [-0.05, 0) is 24.5 Å². The third kappa shape index (κ3) is 5.05. The Kier molecular flexibility index (Phi) is 6.64. The highest BCUT2D eigenvalue weighted by molar-refractivity contribution is 5.69. The molecule has 1 aromatic carbocycles. The molecule has 1 rings (SSSR count). The Bertz CT molecular complexity index is 438. The molecule has 0 saturated carbocycles. The quantitative estimate of drug-likeness (QED) is 0.451. The Morgan fingerprint density at radius 3 is 2.83 bits per heavy atom. The molecule has 0 N–H and O–H groups in total. The van der Waals surface area contributed by atoms with Crippen molar-refractivity contribution in [2.45, 2.75) is 39.0 Å².